The number of carbonyl (C=O) groups is 1. The van der Waals surface area contributed by atoms with Crippen molar-refractivity contribution in [1.29, 1.82) is 0 Å². The zero-order valence-corrected chi connectivity index (χ0v) is 14.4. The summed E-state index contributed by atoms with van der Waals surface area (Å²) in [7, 11) is 0. The lowest BCUT2D eigenvalue weighted by Gasteiger charge is -2.35. The second-order valence-electron chi connectivity index (χ2n) is 6.75. The quantitative estimate of drug-likeness (QED) is 0.919. The van der Waals surface area contributed by atoms with E-state index in [2.05, 4.69) is 28.7 Å². The number of carboxylic acids is 1. The molecule has 0 bridgehead atoms. The third kappa shape index (κ3) is 3.85. The fourth-order valence-electron chi connectivity index (χ4n) is 3.32. The molecule has 5 nitrogen and oxygen atoms in total. The van der Waals surface area contributed by atoms with Crippen molar-refractivity contribution >= 4 is 5.97 Å². The summed E-state index contributed by atoms with van der Waals surface area (Å²) in [4.78, 5) is 22.6. The van der Waals surface area contributed by atoms with Crippen LogP contribution in [0.5, 0.6) is 0 Å². The number of carboxylic acid groups (broad SMARTS) is 1. The zero-order chi connectivity index (χ0) is 18.0. The van der Waals surface area contributed by atoms with Crippen LogP contribution in [0.2, 0.25) is 0 Å². The van der Waals surface area contributed by atoms with Gasteiger partial charge in [0, 0.05) is 30.3 Å². The van der Waals surface area contributed by atoms with Crippen LogP contribution in [0.3, 0.4) is 0 Å². The van der Waals surface area contributed by atoms with E-state index < -0.39 is 11.8 Å². The molecule has 0 spiro atoms. The molecule has 2 heterocycles. The van der Waals surface area contributed by atoms with Crippen molar-refractivity contribution in [1.82, 2.24) is 14.9 Å². The minimum Gasteiger partial charge on any atom is -0.478 e. The second-order valence-corrected chi connectivity index (χ2v) is 6.75. The predicted molar refractivity (Wildman–Crippen MR) is 93.1 cm³/mol. The first-order chi connectivity index (χ1) is 12.0. The van der Waals surface area contributed by atoms with Gasteiger partial charge >= 0.3 is 5.97 Å². The molecule has 1 aromatic heterocycles. The molecule has 3 rings (SSSR count). The van der Waals surface area contributed by atoms with Crippen molar-refractivity contribution in [3.8, 4) is 11.3 Å². The standard InChI is InChI=1S/C19H22FN3O2/c1-12(2)23-7-3-4-13(11-23)17-9-22-18(10-21-17)16-8-14(20)5-6-15(16)19(24)25/h5-6,8-10,12-13H,3-4,7,11H2,1-2H3,(H,24,25)/t13-/m1/s1. The molecule has 2 aromatic rings. The molecule has 1 aliphatic heterocycles. The van der Waals surface area contributed by atoms with E-state index >= 15 is 0 Å². The van der Waals surface area contributed by atoms with E-state index in [1.54, 1.807) is 12.4 Å². The van der Waals surface area contributed by atoms with Gasteiger partial charge in [-0.1, -0.05) is 0 Å². The van der Waals surface area contributed by atoms with Gasteiger partial charge in [0.05, 0.1) is 23.1 Å². The number of rotatable bonds is 4. The van der Waals surface area contributed by atoms with Gasteiger partial charge in [-0.15, -0.1) is 0 Å². The number of benzene rings is 1. The molecule has 1 N–H and O–H groups in total. The summed E-state index contributed by atoms with van der Waals surface area (Å²) in [5.41, 5.74) is 1.55. The van der Waals surface area contributed by atoms with Crippen LogP contribution in [-0.4, -0.2) is 45.1 Å². The summed E-state index contributed by atoms with van der Waals surface area (Å²) < 4.78 is 13.5. The molecular weight excluding hydrogens is 321 g/mol. The fourth-order valence-corrected chi connectivity index (χ4v) is 3.32. The van der Waals surface area contributed by atoms with Crippen molar-refractivity contribution in [3.05, 3.63) is 47.7 Å². The Hall–Kier alpha value is -2.34. The second kappa shape index (κ2) is 7.27. The molecule has 1 aromatic carbocycles. The minimum absolute atomic E-state index is 0.0205. The van der Waals surface area contributed by atoms with Gasteiger partial charge in [0.15, 0.2) is 0 Å². The molecule has 1 saturated heterocycles. The summed E-state index contributed by atoms with van der Waals surface area (Å²) in [5, 5.41) is 9.28. The topological polar surface area (TPSA) is 66.3 Å². The van der Waals surface area contributed by atoms with E-state index in [0.29, 0.717) is 17.7 Å². The highest BCUT2D eigenvalue weighted by Crippen LogP contribution is 2.28. The summed E-state index contributed by atoms with van der Waals surface area (Å²) in [6.07, 6.45) is 5.43. The van der Waals surface area contributed by atoms with Gasteiger partial charge in [0.2, 0.25) is 0 Å². The monoisotopic (exact) mass is 343 g/mol. The van der Waals surface area contributed by atoms with Gasteiger partial charge in [-0.2, -0.15) is 0 Å². The molecule has 1 atom stereocenters. The molecule has 0 unspecified atom stereocenters. The van der Waals surface area contributed by atoms with Crippen LogP contribution in [0.15, 0.2) is 30.6 Å². The first-order valence-electron chi connectivity index (χ1n) is 8.55. The molecule has 0 radical (unpaired) electrons. The van der Waals surface area contributed by atoms with Crippen LogP contribution in [0.4, 0.5) is 4.39 Å². The maximum atomic E-state index is 13.5. The highest BCUT2D eigenvalue weighted by Gasteiger charge is 2.24. The lowest BCUT2D eigenvalue weighted by atomic mass is 9.94. The average molecular weight is 343 g/mol. The highest BCUT2D eigenvalue weighted by molar-refractivity contribution is 5.95. The van der Waals surface area contributed by atoms with Crippen LogP contribution in [-0.2, 0) is 0 Å². The first kappa shape index (κ1) is 17.5. The normalized spacial score (nSPS) is 18.5. The molecule has 0 aliphatic carbocycles. The fraction of sp³-hybridized carbons (Fsp3) is 0.421. The summed E-state index contributed by atoms with van der Waals surface area (Å²) in [6.45, 7) is 6.43. The van der Waals surface area contributed by atoms with E-state index in [-0.39, 0.29) is 11.1 Å². The Labute approximate surface area is 146 Å². The number of likely N-dealkylation sites (tertiary alicyclic amines) is 1. The summed E-state index contributed by atoms with van der Waals surface area (Å²) in [6, 6.07) is 4.08. The van der Waals surface area contributed by atoms with Gasteiger partial charge in [-0.3, -0.25) is 9.97 Å². The molecule has 132 valence electrons. The van der Waals surface area contributed by atoms with Gasteiger partial charge < -0.3 is 10.0 Å². The van der Waals surface area contributed by atoms with Crippen LogP contribution < -0.4 is 0 Å². The molecular formula is C19H22FN3O2. The maximum Gasteiger partial charge on any atom is 0.336 e. The third-order valence-corrected chi connectivity index (χ3v) is 4.76. The molecule has 0 saturated carbocycles. The molecule has 1 fully saturated rings. The van der Waals surface area contributed by atoms with Crippen molar-refractivity contribution in [2.75, 3.05) is 13.1 Å². The average Bonchev–Trinajstić information content (AvgIpc) is 2.61. The van der Waals surface area contributed by atoms with Gasteiger partial charge in [-0.05, 0) is 51.4 Å². The van der Waals surface area contributed by atoms with E-state index in [1.165, 1.54) is 12.1 Å². The molecule has 1 aliphatic rings. The van der Waals surface area contributed by atoms with Crippen molar-refractivity contribution in [2.45, 2.75) is 38.6 Å². The number of nitrogens with zero attached hydrogens (tertiary/aromatic N) is 3. The molecule has 0 amide bonds. The SMILES string of the molecule is CC(C)N1CCC[C@@H](c2cnc(-c3cc(F)ccc3C(=O)O)cn2)C1. The van der Waals surface area contributed by atoms with Crippen molar-refractivity contribution in [2.24, 2.45) is 0 Å². The lowest BCUT2D eigenvalue weighted by molar-refractivity contribution is 0.0697. The van der Waals surface area contributed by atoms with Crippen molar-refractivity contribution < 1.29 is 14.3 Å². The van der Waals surface area contributed by atoms with E-state index in [1.807, 2.05) is 0 Å². The Balaban J connectivity index is 1.86. The predicted octanol–water partition coefficient (Wildman–Crippen LogP) is 3.57. The summed E-state index contributed by atoms with van der Waals surface area (Å²) in [5.74, 6) is -1.28. The van der Waals surface area contributed by atoms with Crippen LogP contribution in [0.1, 0.15) is 48.7 Å². The van der Waals surface area contributed by atoms with E-state index in [0.717, 1.165) is 37.7 Å². The van der Waals surface area contributed by atoms with Crippen LogP contribution in [0, 0.1) is 5.82 Å². The smallest absolute Gasteiger partial charge is 0.336 e. The van der Waals surface area contributed by atoms with Crippen LogP contribution >= 0.6 is 0 Å². The Kier molecular flexibility index (Phi) is 5.08. The lowest BCUT2D eigenvalue weighted by Crippen LogP contribution is -2.39. The van der Waals surface area contributed by atoms with Gasteiger partial charge in [0.25, 0.3) is 0 Å². The van der Waals surface area contributed by atoms with Crippen LogP contribution in [0.25, 0.3) is 11.3 Å². The number of halogens is 1. The first-order valence-corrected chi connectivity index (χ1v) is 8.55. The number of aromatic carboxylic acids is 1. The Morgan fingerprint density at radius 3 is 2.76 bits per heavy atom. The third-order valence-electron chi connectivity index (χ3n) is 4.76. The molecule has 25 heavy (non-hydrogen) atoms. The highest BCUT2D eigenvalue weighted by atomic mass is 19.1. The van der Waals surface area contributed by atoms with E-state index in [9.17, 15) is 14.3 Å². The zero-order valence-electron chi connectivity index (χ0n) is 14.4. The Bertz CT molecular complexity index is 762. The maximum absolute atomic E-state index is 13.5. The number of hydrogen-bond donors (Lipinski definition) is 1. The Morgan fingerprint density at radius 1 is 1.32 bits per heavy atom. The van der Waals surface area contributed by atoms with Crippen molar-refractivity contribution in [3.63, 3.8) is 0 Å². The largest absolute Gasteiger partial charge is 0.478 e. The van der Waals surface area contributed by atoms with Gasteiger partial charge in [0.1, 0.15) is 5.82 Å². The molecule has 6 heteroatoms. The van der Waals surface area contributed by atoms with Gasteiger partial charge in [-0.25, -0.2) is 9.18 Å². The summed E-state index contributed by atoms with van der Waals surface area (Å²) >= 11 is 0. The number of hydrogen-bond acceptors (Lipinski definition) is 4. The number of piperidine rings is 1. The number of aromatic nitrogens is 2. The van der Waals surface area contributed by atoms with E-state index in [4.69, 9.17) is 0 Å². The minimum atomic E-state index is -1.11. The Morgan fingerprint density at radius 2 is 2.12 bits per heavy atom.